The summed E-state index contributed by atoms with van der Waals surface area (Å²) in [6, 6.07) is 8.50. The first-order chi connectivity index (χ1) is 12.2. The minimum Gasteiger partial charge on any atom is -0.382 e. The van der Waals surface area contributed by atoms with Gasteiger partial charge in [0.1, 0.15) is 0 Å². The Kier molecular flexibility index (Phi) is 11.5. The molecular weight excluding hydrogens is 316 g/mol. The topological polar surface area (TPSA) is 58.1 Å². The van der Waals surface area contributed by atoms with Gasteiger partial charge >= 0.3 is 0 Å². The minimum absolute atomic E-state index is 0.644. The number of benzene rings is 1. The van der Waals surface area contributed by atoms with Gasteiger partial charge in [-0.25, -0.2) is 0 Å². The molecule has 2 N–H and O–H groups in total. The fourth-order valence-corrected chi connectivity index (χ4v) is 2.52. The van der Waals surface area contributed by atoms with Crippen LogP contribution in [0.15, 0.2) is 29.3 Å². The molecule has 1 aromatic rings. The van der Waals surface area contributed by atoms with Gasteiger partial charge in [-0.05, 0) is 31.9 Å². The second kappa shape index (κ2) is 13.5. The van der Waals surface area contributed by atoms with E-state index in [1.165, 1.54) is 11.3 Å². The monoisotopic (exact) mass is 350 g/mol. The van der Waals surface area contributed by atoms with Crippen molar-refractivity contribution in [2.45, 2.75) is 20.3 Å². The van der Waals surface area contributed by atoms with Gasteiger partial charge in [-0.15, -0.1) is 0 Å². The van der Waals surface area contributed by atoms with Gasteiger partial charge in [0.25, 0.3) is 0 Å². The normalized spacial score (nSPS) is 11.4. The predicted octanol–water partition coefficient (Wildman–Crippen LogP) is 2.04. The quantitative estimate of drug-likeness (QED) is 0.343. The minimum atomic E-state index is 0.644. The average molecular weight is 351 g/mol. The van der Waals surface area contributed by atoms with E-state index in [4.69, 9.17) is 9.47 Å². The van der Waals surface area contributed by atoms with Gasteiger partial charge < -0.3 is 25.0 Å². The van der Waals surface area contributed by atoms with Crippen LogP contribution < -0.4 is 15.5 Å². The van der Waals surface area contributed by atoms with Crippen molar-refractivity contribution in [3.05, 3.63) is 29.8 Å². The number of aliphatic imine (C=N–C) groups is 1. The van der Waals surface area contributed by atoms with Crippen LogP contribution in [0.1, 0.15) is 18.9 Å². The maximum atomic E-state index is 5.44. The molecule has 6 nitrogen and oxygen atoms in total. The maximum absolute atomic E-state index is 5.44. The third-order valence-electron chi connectivity index (χ3n) is 3.93. The van der Waals surface area contributed by atoms with Gasteiger partial charge in [0.05, 0.1) is 13.2 Å². The van der Waals surface area contributed by atoms with Crippen LogP contribution >= 0.6 is 0 Å². The van der Waals surface area contributed by atoms with Crippen molar-refractivity contribution in [2.24, 2.45) is 4.99 Å². The molecule has 1 rings (SSSR count). The second-order valence-corrected chi connectivity index (χ2v) is 5.75. The smallest absolute Gasteiger partial charge is 0.191 e. The van der Waals surface area contributed by atoms with Crippen LogP contribution in [0.5, 0.6) is 0 Å². The number of guanidine groups is 1. The molecule has 0 bridgehead atoms. The van der Waals surface area contributed by atoms with E-state index in [0.29, 0.717) is 13.2 Å². The number of likely N-dealkylation sites (N-methyl/N-ethyl adjacent to an activating group) is 1. The van der Waals surface area contributed by atoms with Gasteiger partial charge in [0, 0.05) is 52.6 Å². The lowest BCUT2D eigenvalue weighted by atomic mass is 10.2. The zero-order chi connectivity index (χ0) is 18.3. The summed E-state index contributed by atoms with van der Waals surface area (Å²) in [5.41, 5.74) is 2.60. The SMILES string of the molecule is CCN(CCNC(=NC)NCCCOCCOC)c1ccccc1C. The van der Waals surface area contributed by atoms with Gasteiger partial charge in [0.2, 0.25) is 0 Å². The third-order valence-corrected chi connectivity index (χ3v) is 3.93. The Morgan fingerprint density at radius 2 is 1.88 bits per heavy atom. The van der Waals surface area contributed by atoms with Crippen LogP contribution in [0.25, 0.3) is 0 Å². The molecule has 0 saturated carbocycles. The third kappa shape index (κ3) is 8.74. The van der Waals surface area contributed by atoms with E-state index in [1.54, 1.807) is 14.2 Å². The molecule has 0 saturated heterocycles. The number of methoxy groups -OCH3 is 1. The summed E-state index contributed by atoms with van der Waals surface area (Å²) >= 11 is 0. The highest BCUT2D eigenvalue weighted by Gasteiger charge is 2.06. The van der Waals surface area contributed by atoms with E-state index >= 15 is 0 Å². The standard InChI is InChI=1S/C19H34N4O2/c1-5-23(18-10-7-6-9-17(18)2)13-12-22-19(20-3)21-11-8-14-25-16-15-24-4/h6-7,9-10H,5,8,11-16H2,1-4H3,(H2,20,21,22). The van der Waals surface area contributed by atoms with E-state index in [1.807, 2.05) is 0 Å². The molecule has 0 unspecified atom stereocenters. The molecule has 0 aliphatic rings. The van der Waals surface area contributed by atoms with E-state index in [0.717, 1.165) is 45.2 Å². The number of rotatable bonds is 12. The first kappa shape index (κ1) is 21.3. The van der Waals surface area contributed by atoms with Crippen molar-refractivity contribution in [2.75, 3.05) is 65.1 Å². The Hall–Kier alpha value is -1.79. The predicted molar refractivity (Wildman–Crippen MR) is 106 cm³/mol. The maximum Gasteiger partial charge on any atom is 0.191 e. The van der Waals surface area contributed by atoms with E-state index < -0.39 is 0 Å². The number of hydrogen-bond acceptors (Lipinski definition) is 4. The molecule has 0 aliphatic carbocycles. The van der Waals surface area contributed by atoms with Gasteiger partial charge in [-0.3, -0.25) is 4.99 Å². The second-order valence-electron chi connectivity index (χ2n) is 5.75. The molecule has 1 aromatic carbocycles. The van der Waals surface area contributed by atoms with E-state index in [2.05, 4.69) is 58.6 Å². The van der Waals surface area contributed by atoms with Crippen LogP contribution in [-0.4, -0.2) is 66.1 Å². The summed E-state index contributed by atoms with van der Waals surface area (Å²) in [6.07, 6.45) is 0.939. The summed E-state index contributed by atoms with van der Waals surface area (Å²) in [5.74, 6) is 0.831. The Morgan fingerprint density at radius 3 is 2.56 bits per heavy atom. The number of anilines is 1. The molecule has 0 heterocycles. The van der Waals surface area contributed by atoms with Crippen molar-refractivity contribution in [1.82, 2.24) is 10.6 Å². The fraction of sp³-hybridized carbons (Fsp3) is 0.632. The Morgan fingerprint density at radius 1 is 1.12 bits per heavy atom. The highest BCUT2D eigenvalue weighted by Crippen LogP contribution is 2.18. The molecule has 0 spiro atoms. The van der Waals surface area contributed by atoms with Crippen LogP contribution in [0.4, 0.5) is 5.69 Å². The molecule has 0 fully saturated rings. The molecular formula is C19H34N4O2. The summed E-state index contributed by atoms with van der Waals surface area (Å²) in [5, 5.41) is 6.68. The van der Waals surface area contributed by atoms with Gasteiger partial charge in [0.15, 0.2) is 5.96 Å². The van der Waals surface area contributed by atoms with Crippen LogP contribution in [0, 0.1) is 6.92 Å². The molecule has 0 aliphatic heterocycles. The summed E-state index contributed by atoms with van der Waals surface area (Å²) < 4.78 is 10.4. The highest BCUT2D eigenvalue weighted by molar-refractivity contribution is 5.79. The van der Waals surface area contributed by atoms with Crippen molar-refractivity contribution in [3.8, 4) is 0 Å². The molecule has 0 atom stereocenters. The summed E-state index contributed by atoms with van der Waals surface area (Å²) in [4.78, 5) is 6.64. The molecule has 0 aromatic heterocycles. The van der Waals surface area contributed by atoms with Gasteiger partial charge in [-0.1, -0.05) is 18.2 Å². The van der Waals surface area contributed by atoms with E-state index in [9.17, 15) is 0 Å². The first-order valence-corrected chi connectivity index (χ1v) is 9.04. The number of nitrogens with one attached hydrogen (secondary N) is 2. The number of aryl methyl sites for hydroxylation is 1. The molecule has 0 amide bonds. The molecule has 25 heavy (non-hydrogen) atoms. The average Bonchev–Trinajstić information content (AvgIpc) is 2.63. The van der Waals surface area contributed by atoms with Crippen LogP contribution in [0.3, 0.4) is 0 Å². The number of para-hydroxylation sites is 1. The zero-order valence-electron chi connectivity index (χ0n) is 16.2. The van der Waals surface area contributed by atoms with Crippen LogP contribution in [-0.2, 0) is 9.47 Å². The lowest BCUT2D eigenvalue weighted by Crippen LogP contribution is -2.42. The van der Waals surface area contributed by atoms with Crippen molar-refractivity contribution in [3.63, 3.8) is 0 Å². The Balaban J connectivity index is 2.24. The van der Waals surface area contributed by atoms with Gasteiger partial charge in [-0.2, -0.15) is 0 Å². The number of hydrogen-bond donors (Lipinski definition) is 2. The Labute approximate surface area is 152 Å². The first-order valence-electron chi connectivity index (χ1n) is 9.04. The number of ether oxygens (including phenoxy) is 2. The van der Waals surface area contributed by atoms with E-state index in [-0.39, 0.29) is 0 Å². The largest absolute Gasteiger partial charge is 0.382 e. The van der Waals surface area contributed by atoms with Crippen molar-refractivity contribution >= 4 is 11.6 Å². The zero-order valence-corrected chi connectivity index (χ0v) is 16.2. The van der Waals surface area contributed by atoms with Crippen molar-refractivity contribution in [1.29, 1.82) is 0 Å². The molecule has 142 valence electrons. The van der Waals surface area contributed by atoms with Crippen molar-refractivity contribution < 1.29 is 9.47 Å². The highest BCUT2D eigenvalue weighted by atomic mass is 16.5. The molecule has 0 radical (unpaired) electrons. The lowest BCUT2D eigenvalue weighted by molar-refractivity contribution is 0.0698. The lowest BCUT2D eigenvalue weighted by Gasteiger charge is -2.25. The fourth-order valence-electron chi connectivity index (χ4n) is 2.52. The number of nitrogens with zero attached hydrogens (tertiary/aromatic N) is 2. The van der Waals surface area contributed by atoms with Crippen LogP contribution in [0.2, 0.25) is 0 Å². The summed E-state index contributed by atoms with van der Waals surface area (Å²) in [7, 11) is 3.47. The summed E-state index contributed by atoms with van der Waals surface area (Å²) in [6.45, 7) is 9.95. The molecule has 6 heteroatoms. The Bertz CT molecular complexity index is 494.